The highest BCUT2D eigenvalue weighted by Gasteiger charge is 2.31. The zero-order valence-electron chi connectivity index (χ0n) is 11.7. The highest BCUT2D eigenvalue weighted by molar-refractivity contribution is 5.77. The second-order valence-electron chi connectivity index (χ2n) is 5.89. The van der Waals surface area contributed by atoms with Crippen LogP contribution in [0, 0.1) is 6.92 Å². The molecule has 5 heteroatoms. The van der Waals surface area contributed by atoms with Gasteiger partial charge in [-0.2, -0.15) is 0 Å². The van der Waals surface area contributed by atoms with Crippen LogP contribution in [0.4, 0.5) is 5.95 Å². The van der Waals surface area contributed by atoms with Gasteiger partial charge in [0.05, 0.1) is 5.60 Å². The summed E-state index contributed by atoms with van der Waals surface area (Å²) in [7, 11) is 0. The standard InChI is InChI=1S/C14H20N4O/c1-9-4-6-16-12-11(9)17-13(15)18(12)10-5-7-19-14(2,3)8-10/h4,6,10H,5,7-8H2,1-3H3,(H2,15,17). The van der Waals surface area contributed by atoms with Crippen LogP contribution in [0.3, 0.4) is 0 Å². The molecule has 19 heavy (non-hydrogen) atoms. The molecule has 3 heterocycles. The van der Waals surface area contributed by atoms with E-state index in [2.05, 4.69) is 28.4 Å². The van der Waals surface area contributed by atoms with Crippen molar-refractivity contribution < 1.29 is 4.74 Å². The maximum atomic E-state index is 6.11. The van der Waals surface area contributed by atoms with Crippen molar-refractivity contribution >= 4 is 17.1 Å². The SMILES string of the molecule is Cc1ccnc2c1nc(N)n2C1CCOC(C)(C)C1. The second-order valence-corrected chi connectivity index (χ2v) is 5.89. The van der Waals surface area contributed by atoms with Gasteiger partial charge in [0, 0.05) is 18.8 Å². The van der Waals surface area contributed by atoms with Crippen LogP contribution in [0.15, 0.2) is 12.3 Å². The fourth-order valence-electron chi connectivity index (χ4n) is 2.91. The van der Waals surface area contributed by atoms with Gasteiger partial charge in [-0.05, 0) is 45.2 Å². The number of imidazole rings is 1. The molecule has 0 aliphatic carbocycles. The zero-order chi connectivity index (χ0) is 13.6. The number of rotatable bonds is 1. The Kier molecular flexibility index (Phi) is 2.74. The minimum absolute atomic E-state index is 0.115. The molecule has 0 radical (unpaired) electrons. The molecule has 1 atom stereocenters. The fourth-order valence-corrected chi connectivity index (χ4v) is 2.91. The summed E-state index contributed by atoms with van der Waals surface area (Å²) in [4.78, 5) is 8.94. The monoisotopic (exact) mass is 260 g/mol. The van der Waals surface area contributed by atoms with Gasteiger partial charge in [0.2, 0.25) is 5.95 Å². The molecule has 2 aromatic rings. The van der Waals surface area contributed by atoms with Gasteiger partial charge in [-0.25, -0.2) is 9.97 Å². The third-order valence-electron chi connectivity index (χ3n) is 3.84. The van der Waals surface area contributed by atoms with Crippen LogP contribution >= 0.6 is 0 Å². The summed E-state index contributed by atoms with van der Waals surface area (Å²) in [6.45, 7) is 7.03. The van der Waals surface area contributed by atoms with E-state index in [1.54, 1.807) is 0 Å². The van der Waals surface area contributed by atoms with E-state index in [-0.39, 0.29) is 5.60 Å². The first-order valence-corrected chi connectivity index (χ1v) is 6.71. The van der Waals surface area contributed by atoms with E-state index in [0.29, 0.717) is 12.0 Å². The van der Waals surface area contributed by atoms with Gasteiger partial charge in [0.25, 0.3) is 0 Å². The predicted octanol–water partition coefficient (Wildman–Crippen LogP) is 2.45. The van der Waals surface area contributed by atoms with E-state index in [4.69, 9.17) is 10.5 Å². The molecule has 0 bridgehead atoms. The Hall–Kier alpha value is -1.62. The highest BCUT2D eigenvalue weighted by Crippen LogP contribution is 2.35. The number of anilines is 1. The fraction of sp³-hybridized carbons (Fsp3) is 0.571. The molecular weight excluding hydrogens is 240 g/mol. The number of nitrogens with zero attached hydrogens (tertiary/aromatic N) is 3. The van der Waals surface area contributed by atoms with Crippen molar-refractivity contribution in [3.05, 3.63) is 17.8 Å². The zero-order valence-corrected chi connectivity index (χ0v) is 11.7. The molecule has 102 valence electrons. The number of ether oxygens (including phenoxy) is 1. The number of nitrogen functional groups attached to an aromatic ring is 1. The van der Waals surface area contributed by atoms with E-state index in [1.165, 1.54) is 0 Å². The summed E-state index contributed by atoms with van der Waals surface area (Å²) < 4.78 is 7.85. The first-order chi connectivity index (χ1) is 8.98. The van der Waals surface area contributed by atoms with E-state index >= 15 is 0 Å². The maximum absolute atomic E-state index is 6.11. The largest absolute Gasteiger partial charge is 0.375 e. The summed E-state index contributed by atoms with van der Waals surface area (Å²) in [5.41, 5.74) is 8.91. The van der Waals surface area contributed by atoms with Gasteiger partial charge in [-0.3, -0.25) is 4.57 Å². The van der Waals surface area contributed by atoms with Crippen molar-refractivity contribution in [3.63, 3.8) is 0 Å². The summed E-state index contributed by atoms with van der Waals surface area (Å²) >= 11 is 0. The lowest BCUT2D eigenvalue weighted by molar-refractivity contribution is -0.0682. The summed E-state index contributed by atoms with van der Waals surface area (Å²) in [5.74, 6) is 0.555. The van der Waals surface area contributed by atoms with Crippen LogP contribution in [-0.2, 0) is 4.74 Å². The molecular formula is C14H20N4O. The first kappa shape index (κ1) is 12.4. The molecule has 2 aromatic heterocycles. The van der Waals surface area contributed by atoms with Crippen LogP contribution in [0.2, 0.25) is 0 Å². The van der Waals surface area contributed by atoms with Crippen LogP contribution in [0.25, 0.3) is 11.2 Å². The Labute approximate surface area is 112 Å². The van der Waals surface area contributed by atoms with Crippen molar-refractivity contribution in [1.82, 2.24) is 14.5 Å². The Bertz CT molecular complexity index is 617. The molecule has 0 amide bonds. The number of pyridine rings is 1. The molecule has 1 fully saturated rings. The Morgan fingerprint density at radius 1 is 1.47 bits per heavy atom. The molecule has 0 spiro atoms. The van der Waals surface area contributed by atoms with Crippen LogP contribution in [-0.4, -0.2) is 26.7 Å². The molecule has 1 saturated heterocycles. The van der Waals surface area contributed by atoms with Gasteiger partial charge >= 0.3 is 0 Å². The number of hydrogen-bond donors (Lipinski definition) is 1. The summed E-state index contributed by atoms with van der Waals surface area (Å²) in [6, 6.07) is 2.27. The molecule has 1 unspecified atom stereocenters. The molecule has 3 rings (SSSR count). The minimum atomic E-state index is -0.115. The number of aryl methyl sites for hydroxylation is 1. The van der Waals surface area contributed by atoms with Gasteiger partial charge in [0.1, 0.15) is 5.52 Å². The lowest BCUT2D eigenvalue weighted by Crippen LogP contribution is -2.35. The molecule has 2 N–H and O–H groups in total. The first-order valence-electron chi connectivity index (χ1n) is 6.71. The van der Waals surface area contributed by atoms with Gasteiger partial charge in [0.15, 0.2) is 5.65 Å². The average molecular weight is 260 g/mol. The van der Waals surface area contributed by atoms with Crippen LogP contribution < -0.4 is 5.73 Å². The smallest absolute Gasteiger partial charge is 0.202 e. The van der Waals surface area contributed by atoms with Gasteiger partial charge in [-0.1, -0.05) is 0 Å². The van der Waals surface area contributed by atoms with Crippen molar-refractivity contribution in [3.8, 4) is 0 Å². The topological polar surface area (TPSA) is 66.0 Å². The second kappa shape index (κ2) is 4.20. The van der Waals surface area contributed by atoms with Gasteiger partial charge in [-0.15, -0.1) is 0 Å². The molecule has 1 aliphatic rings. The Morgan fingerprint density at radius 2 is 2.26 bits per heavy atom. The summed E-state index contributed by atoms with van der Waals surface area (Å²) in [6.07, 6.45) is 3.70. The third kappa shape index (κ3) is 2.08. The minimum Gasteiger partial charge on any atom is -0.375 e. The maximum Gasteiger partial charge on any atom is 0.202 e. The molecule has 0 aromatic carbocycles. The lowest BCUT2D eigenvalue weighted by atomic mass is 9.94. The molecule has 1 aliphatic heterocycles. The van der Waals surface area contributed by atoms with Crippen LogP contribution in [0.5, 0.6) is 0 Å². The normalized spacial score (nSPS) is 22.8. The van der Waals surface area contributed by atoms with Crippen molar-refractivity contribution in [2.45, 2.75) is 45.3 Å². The van der Waals surface area contributed by atoms with Gasteiger partial charge < -0.3 is 10.5 Å². The van der Waals surface area contributed by atoms with E-state index in [1.807, 2.05) is 19.2 Å². The van der Waals surface area contributed by atoms with Crippen LogP contribution in [0.1, 0.15) is 38.3 Å². The van der Waals surface area contributed by atoms with E-state index in [0.717, 1.165) is 36.2 Å². The lowest BCUT2D eigenvalue weighted by Gasteiger charge is -2.36. The average Bonchev–Trinajstić information content (AvgIpc) is 2.66. The van der Waals surface area contributed by atoms with E-state index in [9.17, 15) is 0 Å². The Morgan fingerprint density at radius 3 is 3.00 bits per heavy atom. The Balaban J connectivity index is 2.10. The predicted molar refractivity (Wildman–Crippen MR) is 75.0 cm³/mol. The highest BCUT2D eigenvalue weighted by atomic mass is 16.5. The number of hydrogen-bond acceptors (Lipinski definition) is 4. The third-order valence-corrected chi connectivity index (χ3v) is 3.84. The number of nitrogens with two attached hydrogens (primary N) is 1. The molecule has 5 nitrogen and oxygen atoms in total. The quantitative estimate of drug-likeness (QED) is 0.855. The number of fused-ring (bicyclic) bond motifs is 1. The van der Waals surface area contributed by atoms with E-state index < -0.39 is 0 Å². The molecule has 0 saturated carbocycles. The number of aromatic nitrogens is 3. The summed E-state index contributed by atoms with van der Waals surface area (Å²) in [5, 5.41) is 0. The van der Waals surface area contributed by atoms with Crippen molar-refractivity contribution in [2.24, 2.45) is 0 Å². The van der Waals surface area contributed by atoms with Crippen molar-refractivity contribution in [1.29, 1.82) is 0 Å². The van der Waals surface area contributed by atoms with Crippen molar-refractivity contribution in [2.75, 3.05) is 12.3 Å².